The summed E-state index contributed by atoms with van der Waals surface area (Å²) in [5.74, 6) is -0.160. The third-order valence-corrected chi connectivity index (χ3v) is 2.12. The molecule has 0 heterocycles. The van der Waals surface area contributed by atoms with Crippen molar-refractivity contribution in [1.82, 2.24) is 0 Å². The topological polar surface area (TPSA) is 38.7 Å². The van der Waals surface area contributed by atoms with E-state index in [1.165, 1.54) is 7.11 Å². The molecular weight excluding hydrogens is 174 g/mol. The standard InChI is InChI=1S/C8H15NO2S/c1-7(12-3)9-6-4-5-8(10)11-2/h4-6H2,1-3H3. The number of carbonyl (C=O) groups is 1. The molecule has 0 fully saturated rings. The minimum absolute atomic E-state index is 0.160. The summed E-state index contributed by atoms with van der Waals surface area (Å²) in [4.78, 5) is 14.9. The van der Waals surface area contributed by atoms with Gasteiger partial charge in [-0.05, 0) is 19.6 Å². The van der Waals surface area contributed by atoms with Gasteiger partial charge in [0.2, 0.25) is 0 Å². The molecule has 3 nitrogen and oxygen atoms in total. The van der Waals surface area contributed by atoms with Crippen LogP contribution in [0.3, 0.4) is 0 Å². The molecule has 70 valence electrons. The lowest BCUT2D eigenvalue weighted by atomic mass is 10.3. The second-order valence-electron chi connectivity index (χ2n) is 2.28. The van der Waals surface area contributed by atoms with Crippen LogP contribution in [0.5, 0.6) is 0 Å². The Morgan fingerprint density at radius 1 is 1.58 bits per heavy atom. The molecule has 0 N–H and O–H groups in total. The van der Waals surface area contributed by atoms with Crippen LogP contribution in [0, 0.1) is 0 Å². The van der Waals surface area contributed by atoms with Gasteiger partial charge in [-0.2, -0.15) is 0 Å². The van der Waals surface area contributed by atoms with Crippen molar-refractivity contribution in [2.75, 3.05) is 19.9 Å². The lowest BCUT2D eigenvalue weighted by Gasteiger charge is -1.97. The Bertz CT molecular complexity index is 168. The van der Waals surface area contributed by atoms with Gasteiger partial charge in [0, 0.05) is 13.0 Å². The van der Waals surface area contributed by atoms with Crippen molar-refractivity contribution in [1.29, 1.82) is 0 Å². The normalized spacial score (nSPS) is 11.4. The maximum Gasteiger partial charge on any atom is 0.305 e. The van der Waals surface area contributed by atoms with Crippen molar-refractivity contribution in [2.45, 2.75) is 19.8 Å². The molecule has 0 aliphatic heterocycles. The predicted octanol–water partition coefficient (Wildman–Crippen LogP) is 1.72. The molecule has 0 unspecified atom stereocenters. The summed E-state index contributed by atoms with van der Waals surface area (Å²) < 4.78 is 4.49. The van der Waals surface area contributed by atoms with Gasteiger partial charge >= 0.3 is 5.97 Å². The zero-order chi connectivity index (χ0) is 9.40. The van der Waals surface area contributed by atoms with Crippen molar-refractivity contribution in [2.24, 2.45) is 4.99 Å². The van der Waals surface area contributed by atoms with Crippen LogP contribution in [0.15, 0.2) is 4.99 Å². The number of nitrogens with zero attached hydrogens (tertiary/aromatic N) is 1. The number of aliphatic imine (C=N–C) groups is 1. The molecule has 0 bridgehead atoms. The second-order valence-corrected chi connectivity index (χ2v) is 3.28. The van der Waals surface area contributed by atoms with Crippen LogP contribution in [-0.2, 0) is 9.53 Å². The average molecular weight is 189 g/mol. The third-order valence-electron chi connectivity index (χ3n) is 1.40. The van der Waals surface area contributed by atoms with Gasteiger partial charge in [-0.15, -0.1) is 11.8 Å². The van der Waals surface area contributed by atoms with E-state index in [2.05, 4.69) is 9.73 Å². The summed E-state index contributed by atoms with van der Waals surface area (Å²) in [5, 5.41) is 1.06. The lowest BCUT2D eigenvalue weighted by molar-refractivity contribution is -0.140. The Hall–Kier alpha value is -0.510. The van der Waals surface area contributed by atoms with E-state index >= 15 is 0 Å². The summed E-state index contributed by atoms with van der Waals surface area (Å²) in [6.07, 6.45) is 3.21. The molecule has 0 aliphatic rings. The number of esters is 1. The predicted molar refractivity (Wildman–Crippen MR) is 52.7 cm³/mol. The fourth-order valence-corrected chi connectivity index (χ4v) is 0.847. The van der Waals surface area contributed by atoms with Gasteiger partial charge in [0.25, 0.3) is 0 Å². The summed E-state index contributed by atoms with van der Waals surface area (Å²) in [6, 6.07) is 0. The van der Waals surface area contributed by atoms with Gasteiger partial charge < -0.3 is 4.74 Å². The number of thioether (sulfide) groups is 1. The zero-order valence-corrected chi connectivity index (χ0v) is 8.61. The van der Waals surface area contributed by atoms with Crippen LogP contribution in [-0.4, -0.2) is 30.9 Å². The number of ether oxygens (including phenoxy) is 1. The van der Waals surface area contributed by atoms with E-state index in [0.717, 1.165) is 11.5 Å². The first-order valence-corrected chi connectivity index (χ1v) is 5.05. The Morgan fingerprint density at radius 2 is 2.25 bits per heavy atom. The molecule has 0 radical (unpaired) electrons. The smallest absolute Gasteiger partial charge is 0.305 e. The van der Waals surface area contributed by atoms with E-state index in [4.69, 9.17) is 0 Å². The lowest BCUT2D eigenvalue weighted by Crippen LogP contribution is -2.00. The Morgan fingerprint density at radius 3 is 2.75 bits per heavy atom. The van der Waals surface area contributed by atoms with Gasteiger partial charge in [0.05, 0.1) is 12.2 Å². The minimum Gasteiger partial charge on any atom is -0.469 e. The van der Waals surface area contributed by atoms with E-state index in [-0.39, 0.29) is 5.97 Å². The molecule has 0 aliphatic carbocycles. The van der Waals surface area contributed by atoms with E-state index in [9.17, 15) is 4.79 Å². The molecule has 0 aromatic carbocycles. The largest absolute Gasteiger partial charge is 0.469 e. The van der Waals surface area contributed by atoms with Crippen molar-refractivity contribution >= 4 is 22.8 Å². The highest BCUT2D eigenvalue weighted by Gasteiger charge is 1.97. The molecular formula is C8H15NO2S. The molecule has 0 saturated heterocycles. The Kier molecular flexibility index (Phi) is 6.85. The van der Waals surface area contributed by atoms with Crippen LogP contribution in [0.1, 0.15) is 19.8 Å². The molecule has 0 aromatic heterocycles. The maximum absolute atomic E-state index is 10.7. The SMILES string of the molecule is COC(=O)CCCN=C(C)SC. The number of rotatable bonds is 4. The van der Waals surface area contributed by atoms with Crippen LogP contribution in [0.25, 0.3) is 0 Å². The van der Waals surface area contributed by atoms with Crippen molar-refractivity contribution in [3.63, 3.8) is 0 Å². The van der Waals surface area contributed by atoms with E-state index in [0.29, 0.717) is 13.0 Å². The number of carbonyl (C=O) groups excluding carboxylic acids is 1. The van der Waals surface area contributed by atoms with Crippen LogP contribution >= 0.6 is 11.8 Å². The molecule has 12 heavy (non-hydrogen) atoms. The fraction of sp³-hybridized carbons (Fsp3) is 0.750. The van der Waals surface area contributed by atoms with Gasteiger partial charge in [0.1, 0.15) is 0 Å². The van der Waals surface area contributed by atoms with Crippen LogP contribution < -0.4 is 0 Å². The maximum atomic E-state index is 10.7. The summed E-state index contributed by atoms with van der Waals surface area (Å²) in [5.41, 5.74) is 0. The first-order chi connectivity index (χ1) is 5.70. The van der Waals surface area contributed by atoms with Crippen LogP contribution in [0.2, 0.25) is 0 Å². The second kappa shape index (κ2) is 7.16. The monoisotopic (exact) mass is 189 g/mol. The average Bonchev–Trinajstić information content (AvgIpc) is 2.11. The molecule has 0 saturated carbocycles. The number of hydrogen-bond acceptors (Lipinski definition) is 4. The highest BCUT2D eigenvalue weighted by Crippen LogP contribution is 1.98. The van der Waals surface area contributed by atoms with Gasteiger partial charge in [-0.3, -0.25) is 9.79 Å². The molecule has 0 aromatic rings. The van der Waals surface area contributed by atoms with E-state index < -0.39 is 0 Å². The number of hydrogen-bond donors (Lipinski definition) is 0. The Balaban J connectivity index is 3.38. The minimum atomic E-state index is -0.160. The van der Waals surface area contributed by atoms with Crippen LogP contribution in [0.4, 0.5) is 0 Å². The van der Waals surface area contributed by atoms with Crippen molar-refractivity contribution in [3.05, 3.63) is 0 Å². The molecule has 4 heteroatoms. The highest BCUT2D eigenvalue weighted by molar-refractivity contribution is 8.13. The first kappa shape index (κ1) is 11.5. The van der Waals surface area contributed by atoms with E-state index in [1.54, 1.807) is 11.8 Å². The molecule has 0 spiro atoms. The molecule has 0 rings (SSSR count). The summed E-state index contributed by atoms with van der Waals surface area (Å²) in [7, 11) is 1.40. The Labute approximate surface area is 77.6 Å². The zero-order valence-electron chi connectivity index (χ0n) is 7.79. The van der Waals surface area contributed by atoms with Gasteiger partial charge in [-0.25, -0.2) is 0 Å². The van der Waals surface area contributed by atoms with Crippen molar-refractivity contribution < 1.29 is 9.53 Å². The highest BCUT2D eigenvalue weighted by atomic mass is 32.2. The van der Waals surface area contributed by atoms with Gasteiger partial charge in [-0.1, -0.05) is 0 Å². The van der Waals surface area contributed by atoms with Crippen molar-refractivity contribution in [3.8, 4) is 0 Å². The first-order valence-electron chi connectivity index (χ1n) is 3.82. The fourth-order valence-electron chi connectivity index (χ4n) is 0.627. The number of methoxy groups -OCH3 is 1. The van der Waals surface area contributed by atoms with E-state index in [1.807, 2.05) is 13.2 Å². The summed E-state index contributed by atoms with van der Waals surface area (Å²) in [6.45, 7) is 2.67. The van der Waals surface area contributed by atoms with Gasteiger partial charge in [0.15, 0.2) is 0 Å². The summed E-state index contributed by atoms with van der Waals surface area (Å²) >= 11 is 1.62. The molecule has 0 amide bonds. The third kappa shape index (κ3) is 6.22. The molecule has 0 atom stereocenters. The quantitative estimate of drug-likeness (QED) is 0.292.